The van der Waals surface area contributed by atoms with Crippen LogP contribution in [0, 0.1) is 17.2 Å². The third kappa shape index (κ3) is 3.13. The Morgan fingerprint density at radius 3 is 2.79 bits per heavy atom. The van der Waals surface area contributed by atoms with Crippen LogP contribution in [0.5, 0.6) is 0 Å². The number of carbonyl (C=O) groups is 2. The van der Waals surface area contributed by atoms with Crippen molar-refractivity contribution in [2.24, 2.45) is 11.7 Å². The Bertz CT molecular complexity index is 806. The molecule has 1 heterocycles. The number of anilines is 2. The Morgan fingerprint density at radius 2 is 2.12 bits per heavy atom. The molecule has 1 fully saturated rings. The van der Waals surface area contributed by atoms with Crippen molar-refractivity contribution in [2.45, 2.75) is 25.3 Å². The summed E-state index contributed by atoms with van der Waals surface area (Å²) >= 11 is 0. The molecular formula is C17H17N5O2. The van der Waals surface area contributed by atoms with Crippen molar-refractivity contribution < 1.29 is 9.59 Å². The van der Waals surface area contributed by atoms with Gasteiger partial charge in [-0.15, -0.1) is 0 Å². The molecular weight excluding hydrogens is 306 g/mol. The SMILES string of the molecule is N#CC1CC(=O)CCC1n1cc(C(N)=O)c(Nc2ccccc2)n1. The molecule has 1 aliphatic rings. The lowest BCUT2D eigenvalue weighted by atomic mass is 9.85. The van der Waals surface area contributed by atoms with Gasteiger partial charge in [0.2, 0.25) is 0 Å². The van der Waals surface area contributed by atoms with Crippen LogP contribution >= 0.6 is 0 Å². The van der Waals surface area contributed by atoms with Crippen LogP contribution in [0.1, 0.15) is 35.7 Å². The summed E-state index contributed by atoms with van der Waals surface area (Å²) in [5.74, 6) is -0.610. The van der Waals surface area contributed by atoms with Crippen LogP contribution in [0.2, 0.25) is 0 Å². The zero-order valence-electron chi connectivity index (χ0n) is 13.0. The molecule has 0 spiro atoms. The second-order valence-electron chi connectivity index (χ2n) is 5.81. The Labute approximate surface area is 139 Å². The summed E-state index contributed by atoms with van der Waals surface area (Å²) in [5, 5.41) is 16.8. The van der Waals surface area contributed by atoms with E-state index in [1.165, 1.54) is 0 Å². The maximum atomic E-state index is 11.7. The van der Waals surface area contributed by atoms with Crippen LogP contribution in [0.3, 0.4) is 0 Å². The summed E-state index contributed by atoms with van der Waals surface area (Å²) in [6.45, 7) is 0. The number of rotatable bonds is 4. The van der Waals surface area contributed by atoms with Crippen LogP contribution in [-0.2, 0) is 4.79 Å². The normalized spacial score (nSPS) is 20.4. The standard InChI is InChI=1S/C17H17N5O2/c18-9-11-8-13(23)6-7-15(11)22-10-14(16(19)24)17(21-22)20-12-4-2-1-3-5-12/h1-5,10-11,15H,6-8H2,(H2,19,24)(H,20,21). The molecule has 7 nitrogen and oxygen atoms in total. The molecule has 1 aromatic heterocycles. The number of nitrogens with two attached hydrogens (primary N) is 1. The maximum Gasteiger partial charge on any atom is 0.254 e. The van der Waals surface area contributed by atoms with Gasteiger partial charge in [0.1, 0.15) is 11.3 Å². The minimum atomic E-state index is -0.597. The summed E-state index contributed by atoms with van der Waals surface area (Å²) in [6, 6.07) is 11.2. The molecule has 2 aromatic rings. The predicted octanol–water partition coefficient (Wildman–Crippen LogP) is 2.16. The van der Waals surface area contributed by atoms with Gasteiger partial charge in [0.15, 0.2) is 5.82 Å². The zero-order valence-corrected chi connectivity index (χ0v) is 13.0. The number of benzene rings is 1. The van der Waals surface area contributed by atoms with Crippen LogP contribution in [-0.4, -0.2) is 21.5 Å². The average Bonchev–Trinajstić information content (AvgIpc) is 2.99. The fourth-order valence-corrected chi connectivity index (χ4v) is 2.93. The van der Waals surface area contributed by atoms with E-state index in [-0.39, 0.29) is 23.8 Å². The second-order valence-corrected chi connectivity index (χ2v) is 5.81. The highest BCUT2D eigenvalue weighted by atomic mass is 16.1. The number of para-hydroxylation sites is 1. The molecule has 2 atom stereocenters. The fourth-order valence-electron chi connectivity index (χ4n) is 2.93. The van der Waals surface area contributed by atoms with E-state index in [1.54, 1.807) is 10.9 Å². The number of primary amides is 1. The van der Waals surface area contributed by atoms with E-state index in [2.05, 4.69) is 16.5 Å². The van der Waals surface area contributed by atoms with Gasteiger partial charge < -0.3 is 11.1 Å². The molecule has 2 unspecified atom stereocenters. The average molecular weight is 323 g/mol. The molecule has 7 heteroatoms. The van der Waals surface area contributed by atoms with Gasteiger partial charge in [-0.3, -0.25) is 14.3 Å². The maximum absolute atomic E-state index is 11.7. The molecule has 24 heavy (non-hydrogen) atoms. The van der Waals surface area contributed by atoms with Crippen LogP contribution in [0.25, 0.3) is 0 Å². The lowest BCUT2D eigenvalue weighted by Gasteiger charge is -2.26. The molecule has 1 aliphatic carbocycles. The number of nitriles is 1. The van der Waals surface area contributed by atoms with Gasteiger partial charge >= 0.3 is 0 Å². The number of aromatic nitrogens is 2. The highest BCUT2D eigenvalue weighted by Crippen LogP contribution is 2.33. The molecule has 122 valence electrons. The minimum absolute atomic E-state index is 0.0858. The largest absolute Gasteiger partial charge is 0.365 e. The number of carbonyl (C=O) groups excluding carboxylic acids is 2. The first-order valence-electron chi connectivity index (χ1n) is 7.71. The van der Waals surface area contributed by atoms with Crippen LogP contribution in [0.15, 0.2) is 36.5 Å². The Balaban J connectivity index is 1.92. The summed E-state index contributed by atoms with van der Waals surface area (Å²) in [7, 11) is 0. The molecule has 3 N–H and O–H groups in total. The van der Waals surface area contributed by atoms with Gasteiger partial charge in [-0.05, 0) is 18.6 Å². The van der Waals surface area contributed by atoms with E-state index >= 15 is 0 Å². The third-order valence-electron chi connectivity index (χ3n) is 4.17. The molecule has 1 saturated carbocycles. The Morgan fingerprint density at radius 1 is 1.38 bits per heavy atom. The van der Waals surface area contributed by atoms with E-state index in [0.717, 1.165) is 5.69 Å². The first kappa shape index (κ1) is 15.7. The molecule has 0 bridgehead atoms. The number of hydrogen-bond acceptors (Lipinski definition) is 5. The summed E-state index contributed by atoms with van der Waals surface area (Å²) in [6.07, 6.45) is 2.71. The Hall–Kier alpha value is -3.14. The molecule has 0 aliphatic heterocycles. The summed E-state index contributed by atoms with van der Waals surface area (Å²) in [4.78, 5) is 23.3. The van der Waals surface area contributed by atoms with Gasteiger partial charge in [-0.25, -0.2) is 0 Å². The quantitative estimate of drug-likeness (QED) is 0.895. The van der Waals surface area contributed by atoms with Gasteiger partial charge in [-0.2, -0.15) is 10.4 Å². The van der Waals surface area contributed by atoms with Crippen molar-refractivity contribution >= 4 is 23.2 Å². The van der Waals surface area contributed by atoms with Gasteiger partial charge in [0.05, 0.1) is 18.0 Å². The van der Waals surface area contributed by atoms with Crippen molar-refractivity contribution in [1.29, 1.82) is 5.26 Å². The predicted molar refractivity (Wildman–Crippen MR) is 87.5 cm³/mol. The molecule has 3 rings (SSSR count). The molecule has 0 radical (unpaired) electrons. The van der Waals surface area contributed by atoms with Crippen LogP contribution in [0.4, 0.5) is 11.5 Å². The van der Waals surface area contributed by atoms with E-state index in [1.807, 2.05) is 30.3 Å². The van der Waals surface area contributed by atoms with Crippen molar-refractivity contribution in [1.82, 2.24) is 9.78 Å². The Kier molecular flexibility index (Phi) is 4.29. The van der Waals surface area contributed by atoms with E-state index in [0.29, 0.717) is 18.7 Å². The number of hydrogen-bond donors (Lipinski definition) is 2. The molecule has 0 saturated heterocycles. The minimum Gasteiger partial charge on any atom is -0.365 e. The number of Topliss-reactive ketones (excluding diaryl/α,β-unsaturated/α-hetero) is 1. The van der Waals surface area contributed by atoms with E-state index < -0.39 is 11.8 Å². The lowest BCUT2D eigenvalue weighted by molar-refractivity contribution is -0.121. The van der Waals surface area contributed by atoms with Crippen molar-refractivity contribution in [3.8, 4) is 6.07 Å². The first-order chi connectivity index (χ1) is 11.6. The van der Waals surface area contributed by atoms with Crippen molar-refractivity contribution in [2.75, 3.05) is 5.32 Å². The lowest BCUT2D eigenvalue weighted by Crippen LogP contribution is -2.27. The molecule has 1 aromatic carbocycles. The van der Waals surface area contributed by atoms with Gasteiger partial charge in [-0.1, -0.05) is 18.2 Å². The fraction of sp³-hybridized carbons (Fsp3) is 0.294. The third-order valence-corrected chi connectivity index (χ3v) is 4.17. The number of ketones is 1. The summed E-state index contributed by atoms with van der Waals surface area (Å²) < 4.78 is 1.59. The van der Waals surface area contributed by atoms with E-state index in [9.17, 15) is 14.9 Å². The smallest absolute Gasteiger partial charge is 0.254 e. The van der Waals surface area contributed by atoms with E-state index in [4.69, 9.17) is 5.73 Å². The highest BCUT2D eigenvalue weighted by molar-refractivity contribution is 5.98. The second kappa shape index (κ2) is 6.54. The highest BCUT2D eigenvalue weighted by Gasteiger charge is 2.32. The summed E-state index contributed by atoms with van der Waals surface area (Å²) in [5.41, 5.74) is 6.48. The number of nitrogens with one attached hydrogen (secondary N) is 1. The van der Waals surface area contributed by atoms with Crippen molar-refractivity contribution in [3.63, 3.8) is 0 Å². The van der Waals surface area contributed by atoms with Gasteiger partial charge in [0, 0.05) is 24.7 Å². The van der Waals surface area contributed by atoms with Crippen LogP contribution < -0.4 is 11.1 Å². The number of amides is 1. The monoisotopic (exact) mass is 323 g/mol. The molecule has 1 amide bonds. The zero-order chi connectivity index (χ0) is 17.1. The number of nitrogens with zero attached hydrogens (tertiary/aromatic N) is 3. The topological polar surface area (TPSA) is 114 Å². The van der Waals surface area contributed by atoms with Gasteiger partial charge in [0.25, 0.3) is 5.91 Å². The van der Waals surface area contributed by atoms with Crippen molar-refractivity contribution in [3.05, 3.63) is 42.1 Å². The first-order valence-corrected chi connectivity index (χ1v) is 7.71.